The van der Waals surface area contributed by atoms with Crippen LogP contribution in [0.3, 0.4) is 0 Å². The Balaban J connectivity index is 0.00000242. The molecule has 0 spiro atoms. The summed E-state index contributed by atoms with van der Waals surface area (Å²) in [6, 6.07) is 0.147. The van der Waals surface area contributed by atoms with Gasteiger partial charge in [0.25, 0.3) is 0 Å². The van der Waals surface area contributed by atoms with Gasteiger partial charge in [0.1, 0.15) is 0 Å². The van der Waals surface area contributed by atoms with E-state index in [1.807, 2.05) is 20.8 Å². The molecule has 1 atom stereocenters. The average molecular weight is 331 g/mol. The molecular weight excluding hydrogens is 304 g/mol. The van der Waals surface area contributed by atoms with Gasteiger partial charge in [-0.15, -0.1) is 12.4 Å². The van der Waals surface area contributed by atoms with Gasteiger partial charge in [0.2, 0.25) is 11.8 Å². The van der Waals surface area contributed by atoms with E-state index in [0.717, 1.165) is 0 Å². The minimum Gasteiger partial charge on any atom is -0.352 e. The van der Waals surface area contributed by atoms with Crippen molar-refractivity contribution in [2.45, 2.75) is 64.3 Å². The summed E-state index contributed by atoms with van der Waals surface area (Å²) in [6.07, 6.45) is 4.17. The van der Waals surface area contributed by atoms with Crippen LogP contribution in [0.25, 0.3) is 0 Å². The number of aryl methyl sites for hydroxylation is 1. The zero-order valence-corrected chi connectivity index (χ0v) is 14.4. The summed E-state index contributed by atoms with van der Waals surface area (Å²) in [5, 5.41) is 6.99. The number of nitrogens with zero attached hydrogens (tertiary/aromatic N) is 2. The highest BCUT2D eigenvalue weighted by Crippen LogP contribution is 2.32. The fourth-order valence-corrected chi connectivity index (χ4v) is 2.21. The number of aromatic nitrogens is 2. The van der Waals surface area contributed by atoms with E-state index < -0.39 is 0 Å². The molecule has 0 aromatic carbocycles. The van der Waals surface area contributed by atoms with Gasteiger partial charge < -0.3 is 15.6 Å². The fourth-order valence-electron chi connectivity index (χ4n) is 2.21. The molecular formula is C15H27ClN4O2. The number of nitrogens with one attached hydrogen (secondary N) is 1. The monoisotopic (exact) mass is 330 g/mol. The molecule has 2 rings (SSSR count). The maximum atomic E-state index is 11.9. The smallest absolute Gasteiger partial charge is 0.226 e. The zero-order valence-electron chi connectivity index (χ0n) is 13.6. The molecule has 1 heterocycles. The summed E-state index contributed by atoms with van der Waals surface area (Å²) < 4.78 is 5.21. The number of carbonyl (C=O) groups excluding carboxylic acids is 1. The number of hydrogen-bond acceptors (Lipinski definition) is 5. The van der Waals surface area contributed by atoms with Gasteiger partial charge in [-0.05, 0) is 25.2 Å². The molecule has 0 bridgehead atoms. The van der Waals surface area contributed by atoms with E-state index in [2.05, 4.69) is 15.5 Å². The van der Waals surface area contributed by atoms with Crippen molar-refractivity contribution in [3.63, 3.8) is 0 Å². The Labute approximate surface area is 138 Å². The Hall–Kier alpha value is -1.14. The van der Waals surface area contributed by atoms with E-state index >= 15 is 0 Å². The van der Waals surface area contributed by atoms with E-state index in [-0.39, 0.29) is 29.8 Å². The van der Waals surface area contributed by atoms with Gasteiger partial charge >= 0.3 is 0 Å². The normalized spacial score (nSPS) is 16.0. The predicted octanol–water partition coefficient (Wildman–Crippen LogP) is 1.97. The third-order valence-electron chi connectivity index (χ3n) is 3.72. The van der Waals surface area contributed by atoms with E-state index in [4.69, 9.17) is 10.3 Å². The van der Waals surface area contributed by atoms with Crippen LogP contribution in [0.15, 0.2) is 4.52 Å². The Bertz CT molecular complexity index is 480. The molecule has 7 heteroatoms. The molecule has 1 amide bonds. The highest BCUT2D eigenvalue weighted by molar-refractivity contribution is 5.85. The summed E-state index contributed by atoms with van der Waals surface area (Å²) in [5.41, 5.74) is 5.56. The number of carbonyl (C=O) groups is 1. The van der Waals surface area contributed by atoms with Gasteiger partial charge in [0.15, 0.2) is 5.82 Å². The van der Waals surface area contributed by atoms with Gasteiger partial charge in [-0.2, -0.15) is 4.98 Å². The minimum atomic E-state index is -0.113. The highest BCUT2D eigenvalue weighted by Gasteiger charge is 2.31. The maximum Gasteiger partial charge on any atom is 0.226 e. The summed E-state index contributed by atoms with van der Waals surface area (Å²) in [5.74, 6) is 1.96. The Morgan fingerprint density at radius 1 is 1.45 bits per heavy atom. The first-order valence-corrected chi connectivity index (χ1v) is 7.72. The molecule has 1 aliphatic carbocycles. The molecule has 126 valence electrons. The van der Waals surface area contributed by atoms with Crippen LogP contribution in [-0.2, 0) is 16.6 Å². The number of amides is 1. The van der Waals surface area contributed by atoms with E-state index in [1.54, 1.807) is 0 Å². The van der Waals surface area contributed by atoms with Gasteiger partial charge in [0, 0.05) is 30.8 Å². The first-order valence-electron chi connectivity index (χ1n) is 7.72. The first kappa shape index (κ1) is 18.9. The third-order valence-corrected chi connectivity index (χ3v) is 3.72. The largest absolute Gasteiger partial charge is 0.352 e. The second-order valence-corrected chi connectivity index (χ2v) is 6.86. The number of halogens is 1. The molecule has 1 aromatic rings. The van der Waals surface area contributed by atoms with Gasteiger partial charge in [-0.3, -0.25) is 4.79 Å². The van der Waals surface area contributed by atoms with Crippen LogP contribution in [0.5, 0.6) is 0 Å². The molecule has 1 fully saturated rings. The Kier molecular flexibility index (Phi) is 6.81. The van der Waals surface area contributed by atoms with Crippen molar-refractivity contribution in [3.05, 3.63) is 11.7 Å². The second-order valence-electron chi connectivity index (χ2n) is 6.86. The van der Waals surface area contributed by atoms with Crippen molar-refractivity contribution in [2.75, 3.05) is 6.54 Å². The third kappa shape index (κ3) is 5.57. The van der Waals surface area contributed by atoms with Crippen LogP contribution in [0.1, 0.15) is 58.2 Å². The molecule has 1 aliphatic rings. The van der Waals surface area contributed by atoms with Gasteiger partial charge in [-0.25, -0.2) is 0 Å². The van der Waals surface area contributed by atoms with Crippen LogP contribution in [-0.4, -0.2) is 28.6 Å². The summed E-state index contributed by atoms with van der Waals surface area (Å²) in [6.45, 7) is 6.65. The number of rotatable bonds is 7. The first-order chi connectivity index (χ1) is 9.90. The fraction of sp³-hybridized carbons (Fsp3) is 0.800. The molecule has 0 radical (unpaired) electrons. The molecule has 1 unspecified atom stereocenters. The van der Waals surface area contributed by atoms with Crippen LogP contribution in [0.2, 0.25) is 0 Å². The molecule has 0 aliphatic heterocycles. The minimum absolute atomic E-state index is 0. The number of nitrogens with two attached hydrogens (primary N) is 1. The summed E-state index contributed by atoms with van der Waals surface area (Å²) in [4.78, 5) is 16.2. The lowest BCUT2D eigenvalue weighted by molar-refractivity contribution is -0.122. The molecule has 6 nitrogen and oxygen atoms in total. The molecule has 1 aromatic heterocycles. The second kappa shape index (κ2) is 7.92. The summed E-state index contributed by atoms with van der Waals surface area (Å²) in [7, 11) is 0. The lowest BCUT2D eigenvalue weighted by Crippen LogP contribution is -2.41. The van der Waals surface area contributed by atoms with Crippen molar-refractivity contribution >= 4 is 18.3 Å². The highest BCUT2D eigenvalue weighted by atomic mass is 35.5. The van der Waals surface area contributed by atoms with Crippen LogP contribution < -0.4 is 11.1 Å². The van der Waals surface area contributed by atoms with E-state index in [1.165, 1.54) is 12.8 Å². The van der Waals surface area contributed by atoms with Crippen LogP contribution >= 0.6 is 12.4 Å². The SMILES string of the molecule is CC(C)(C)c1noc(CCCC(=O)NC(CN)C2CC2)n1.Cl. The lowest BCUT2D eigenvalue weighted by atomic mass is 9.96. The molecule has 3 N–H and O–H groups in total. The van der Waals surface area contributed by atoms with Gasteiger partial charge in [-0.1, -0.05) is 25.9 Å². The quantitative estimate of drug-likeness (QED) is 0.797. The van der Waals surface area contributed by atoms with Crippen molar-refractivity contribution in [3.8, 4) is 0 Å². The van der Waals surface area contributed by atoms with Crippen LogP contribution in [0.4, 0.5) is 0 Å². The van der Waals surface area contributed by atoms with Crippen LogP contribution in [0, 0.1) is 5.92 Å². The van der Waals surface area contributed by atoms with Crippen molar-refractivity contribution in [1.82, 2.24) is 15.5 Å². The Morgan fingerprint density at radius 3 is 2.64 bits per heavy atom. The zero-order chi connectivity index (χ0) is 15.5. The Morgan fingerprint density at radius 2 is 2.14 bits per heavy atom. The molecule has 22 heavy (non-hydrogen) atoms. The van der Waals surface area contributed by atoms with Crippen molar-refractivity contribution in [1.29, 1.82) is 0 Å². The standard InChI is InChI=1S/C15H26N4O2.ClH/c1-15(2,3)14-18-13(21-19-14)6-4-5-12(20)17-11(9-16)10-7-8-10;/h10-11H,4-9,16H2,1-3H3,(H,17,20);1H. The lowest BCUT2D eigenvalue weighted by Gasteiger charge is -2.15. The summed E-state index contributed by atoms with van der Waals surface area (Å²) >= 11 is 0. The van der Waals surface area contributed by atoms with E-state index in [9.17, 15) is 4.79 Å². The van der Waals surface area contributed by atoms with E-state index in [0.29, 0.717) is 43.4 Å². The number of hydrogen-bond donors (Lipinski definition) is 2. The van der Waals surface area contributed by atoms with Crippen molar-refractivity contribution in [2.24, 2.45) is 11.7 Å². The molecule has 0 saturated heterocycles. The maximum absolute atomic E-state index is 11.9. The predicted molar refractivity (Wildman–Crippen MR) is 86.9 cm³/mol. The topological polar surface area (TPSA) is 94.0 Å². The van der Waals surface area contributed by atoms with Crippen molar-refractivity contribution < 1.29 is 9.32 Å². The molecule has 1 saturated carbocycles. The van der Waals surface area contributed by atoms with Gasteiger partial charge in [0.05, 0.1) is 0 Å². The average Bonchev–Trinajstić information content (AvgIpc) is 3.13.